The lowest BCUT2D eigenvalue weighted by atomic mass is 10.00. The highest BCUT2D eigenvalue weighted by molar-refractivity contribution is 5.78. The molecule has 0 fully saturated rings. The van der Waals surface area contributed by atoms with Crippen LogP contribution in [0.15, 0.2) is 48.5 Å². The summed E-state index contributed by atoms with van der Waals surface area (Å²) in [5, 5.41) is 0. The fraction of sp³-hybridized carbons (Fsp3) is 0.235. The number of esters is 1. The van der Waals surface area contributed by atoms with Crippen LogP contribution in [0.2, 0.25) is 0 Å². The quantitative estimate of drug-likeness (QED) is 0.769. The number of benzene rings is 2. The number of carbonyl (C=O) groups excluding carboxylic acids is 1. The maximum atomic E-state index is 13.4. The van der Waals surface area contributed by atoms with Crippen LogP contribution in [-0.4, -0.2) is 26.8 Å². The molecule has 0 aliphatic rings. The SMILES string of the molecule is COC(=O)C(COc1ccccc1OC)c1cccc(F)c1. The lowest BCUT2D eigenvalue weighted by Gasteiger charge is -2.17. The molecule has 0 bridgehead atoms. The molecule has 0 heterocycles. The number of methoxy groups -OCH3 is 2. The maximum Gasteiger partial charge on any atom is 0.316 e. The summed E-state index contributed by atoms with van der Waals surface area (Å²) in [7, 11) is 2.82. The molecule has 1 atom stereocenters. The third-order valence-electron chi connectivity index (χ3n) is 3.21. The number of ether oxygens (including phenoxy) is 3. The number of halogens is 1. The Morgan fingerprint density at radius 1 is 1.09 bits per heavy atom. The molecule has 0 aromatic heterocycles. The average Bonchev–Trinajstić information content (AvgIpc) is 2.55. The highest BCUT2D eigenvalue weighted by Gasteiger charge is 2.23. The molecule has 5 heteroatoms. The monoisotopic (exact) mass is 304 g/mol. The zero-order valence-electron chi connectivity index (χ0n) is 12.4. The predicted octanol–water partition coefficient (Wildman–Crippen LogP) is 3.17. The van der Waals surface area contributed by atoms with E-state index in [1.165, 1.54) is 26.4 Å². The summed E-state index contributed by atoms with van der Waals surface area (Å²) in [5.74, 6) is -0.546. The number of para-hydroxylation sites is 2. The molecule has 22 heavy (non-hydrogen) atoms. The van der Waals surface area contributed by atoms with Gasteiger partial charge < -0.3 is 14.2 Å². The van der Waals surface area contributed by atoms with Crippen molar-refractivity contribution in [3.63, 3.8) is 0 Å². The van der Waals surface area contributed by atoms with Crippen molar-refractivity contribution < 1.29 is 23.4 Å². The fourth-order valence-electron chi connectivity index (χ4n) is 2.08. The summed E-state index contributed by atoms with van der Waals surface area (Å²) >= 11 is 0. The Labute approximate surface area is 128 Å². The second kappa shape index (κ2) is 7.45. The lowest BCUT2D eigenvalue weighted by Crippen LogP contribution is -2.21. The van der Waals surface area contributed by atoms with E-state index in [-0.39, 0.29) is 6.61 Å². The smallest absolute Gasteiger partial charge is 0.316 e. The summed E-state index contributed by atoms with van der Waals surface area (Å²) in [6.45, 7) is 0.0243. The highest BCUT2D eigenvalue weighted by Crippen LogP contribution is 2.28. The Morgan fingerprint density at radius 3 is 2.45 bits per heavy atom. The second-order valence-corrected chi connectivity index (χ2v) is 4.59. The molecule has 0 aliphatic heterocycles. The van der Waals surface area contributed by atoms with E-state index in [2.05, 4.69) is 0 Å². The van der Waals surface area contributed by atoms with Gasteiger partial charge in [-0.1, -0.05) is 24.3 Å². The van der Waals surface area contributed by atoms with Crippen molar-refractivity contribution >= 4 is 5.97 Å². The topological polar surface area (TPSA) is 44.8 Å². The van der Waals surface area contributed by atoms with Gasteiger partial charge in [-0.3, -0.25) is 4.79 Å². The first-order chi connectivity index (χ1) is 10.7. The molecule has 4 nitrogen and oxygen atoms in total. The molecule has 2 rings (SSSR count). The minimum atomic E-state index is -0.717. The Hall–Kier alpha value is -2.56. The maximum absolute atomic E-state index is 13.4. The number of hydrogen-bond acceptors (Lipinski definition) is 4. The van der Waals surface area contributed by atoms with E-state index in [0.717, 1.165) is 0 Å². The van der Waals surface area contributed by atoms with Gasteiger partial charge in [0.25, 0.3) is 0 Å². The Kier molecular flexibility index (Phi) is 5.36. The summed E-state index contributed by atoms with van der Waals surface area (Å²) in [4.78, 5) is 11.9. The van der Waals surface area contributed by atoms with Crippen molar-refractivity contribution in [1.82, 2.24) is 0 Å². The Balaban J connectivity index is 2.19. The van der Waals surface area contributed by atoms with E-state index in [9.17, 15) is 9.18 Å². The zero-order valence-corrected chi connectivity index (χ0v) is 12.4. The van der Waals surface area contributed by atoms with Gasteiger partial charge >= 0.3 is 5.97 Å². The first-order valence-electron chi connectivity index (χ1n) is 6.74. The van der Waals surface area contributed by atoms with Crippen LogP contribution in [0.25, 0.3) is 0 Å². The minimum Gasteiger partial charge on any atom is -0.493 e. The molecule has 2 aromatic carbocycles. The summed E-state index contributed by atoms with van der Waals surface area (Å²) < 4.78 is 29.0. The van der Waals surface area contributed by atoms with Crippen LogP contribution >= 0.6 is 0 Å². The van der Waals surface area contributed by atoms with Crippen molar-refractivity contribution in [2.45, 2.75) is 5.92 Å². The first kappa shape index (κ1) is 15.8. The van der Waals surface area contributed by atoms with Crippen molar-refractivity contribution in [2.75, 3.05) is 20.8 Å². The Bertz CT molecular complexity index is 642. The van der Waals surface area contributed by atoms with Crippen LogP contribution in [0, 0.1) is 5.82 Å². The Morgan fingerprint density at radius 2 is 1.82 bits per heavy atom. The molecule has 0 aliphatic carbocycles. The van der Waals surface area contributed by atoms with Crippen LogP contribution in [0.3, 0.4) is 0 Å². The first-order valence-corrected chi connectivity index (χ1v) is 6.74. The second-order valence-electron chi connectivity index (χ2n) is 4.59. The van der Waals surface area contributed by atoms with E-state index >= 15 is 0 Å². The third kappa shape index (κ3) is 3.75. The van der Waals surface area contributed by atoms with Gasteiger partial charge in [0.05, 0.1) is 14.2 Å². The number of carbonyl (C=O) groups is 1. The van der Waals surface area contributed by atoms with Gasteiger partial charge in [-0.15, -0.1) is 0 Å². The molecule has 0 saturated carbocycles. The van der Waals surface area contributed by atoms with Gasteiger partial charge in [-0.05, 0) is 29.8 Å². The fourth-order valence-corrected chi connectivity index (χ4v) is 2.08. The van der Waals surface area contributed by atoms with Gasteiger partial charge in [0.15, 0.2) is 11.5 Å². The normalized spacial score (nSPS) is 11.6. The molecule has 0 saturated heterocycles. The summed E-state index contributed by atoms with van der Waals surface area (Å²) in [6.07, 6.45) is 0. The van der Waals surface area contributed by atoms with Crippen LogP contribution in [0.4, 0.5) is 4.39 Å². The van der Waals surface area contributed by atoms with Gasteiger partial charge in [0.2, 0.25) is 0 Å². The van der Waals surface area contributed by atoms with Crippen molar-refractivity contribution in [3.8, 4) is 11.5 Å². The van der Waals surface area contributed by atoms with Crippen molar-refractivity contribution in [1.29, 1.82) is 0 Å². The van der Waals surface area contributed by atoms with Crippen LogP contribution in [0.5, 0.6) is 11.5 Å². The highest BCUT2D eigenvalue weighted by atomic mass is 19.1. The molecule has 116 valence electrons. The summed E-state index contributed by atoms with van der Waals surface area (Å²) in [6, 6.07) is 12.9. The zero-order chi connectivity index (χ0) is 15.9. The number of rotatable bonds is 6. The van der Waals surface area contributed by atoms with Gasteiger partial charge in [-0.2, -0.15) is 0 Å². The molecule has 0 spiro atoms. The van der Waals surface area contributed by atoms with E-state index in [1.54, 1.807) is 30.3 Å². The van der Waals surface area contributed by atoms with Crippen molar-refractivity contribution in [2.24, 2.45) is 0 Å². The van der Waals surface area contributed by atoms with Crippen molar-refractivity contribution in [3.05, 3.63) is 59.9 Å². The third-order valence-corrected chi connectivity index (χ3v) is 3.21. The van der Waals surface area contributed by atoms with E-state index < -0.39 is 17.7 Å². The standard InChI is InChI=1S/C17H17FO4/c1-20-15-8-3-4-9-16(15)22-11-14(17(19)21-2)12-6-5-7-13(18)10-12/h3-10,14H,11H2,1-2H3. The van der Waals surface area contributed by atoms with Gasteiger partial charge in [0.1, 0.15) is 18.3 Å². The molecule has 0 N–H and O–H groups in total. The molecule has 0 amide bonds. The van der Waals surface area contributed by atoms with E-state index in [1.807, 2.05) is 6.07 Å². The predicted molar refractivity (Wildman–Crippen MR) is 79.6 cm³/mol. The van der Waals surface area contributed by atoms with E-state index in [4.69, 9.17) is 14.2 Å². The average molecular weight is 304 g/mol. The summed E-state index contributed by atoms with van der Waals surface area (Å²) in [5.41, 5.74) is 0.502. The molecule has 1 unspecified atom stereocenters. The van der Waals surface area contributed by atoms with Crippen LogP contribution in [0.1, 0.15) is 11.5 Å². The molecular weight excluding hydrogens is 287 g/mol. The van der Waals surface area contributed by atoms with Crippen LogP contribution < -0.4 is 9.47 Å². The largest absolute Gasteiger partial charge is 0.493 e. The molecule has 2 aromatic rings. The van der Waals surface area contributed by atoms with Gasteiger partial charge in [-0.25, -0.2) is 4.39 Å². The minimum absolute atomic E-state index is 0.0243. The van der Waals surface area contributed by atoms with E-state index in [0.29, 0.717) is 17.1 Å². The van der Waals surface area contributed by atoms with Gasteiger partial charge in [0, 0.05) is 0 Å². The number of hydrogen-bond donors (Lipinski definition) is 0. The lowest BCUT2D eigenvalue weighted by molar-refractivity contribution is -0.143. The molecule has 0 radical (unpaired) electrons. The van der Waals surface area contributed by atoms with Crippen LogP contribution in [-0.2, 0) is 9.53 Å². The molecular formula is C17H17FO4.